The van der Waals surface area contributed by atoms with Gasteiger partial charge in [-0.2, -0.15) is 5.26 Å². The number of ether oxygens (including phenoxy) is 1. The fourth-order valence-corrected chi connectivity index (χ4v) is 2.67. The molecule has 5 nitrogen and oxygen atoms in total. The van der Waals surface area contributed by atoms with Crippen molar-refractivity contribution >= 4 is 30.7 Å². The van der Waals surface area contributed by atoms with Crippen molar-refractivity contribution in [3.05, 3.63) is 30.0 Å². The normalized spacial score (nSPS) is 11.4. The van der Waals surface area contributed by atoms with Crippen molar-refractivity contribution in [3.63, 3.8) is 0 Å². The van der Waals surface area contributed by atoms with Crippen molar-refractivity contribution < 1.29 is 17.6 Å². The Morgan fingerprint density at radius 3 is 2.75 bits per heavy atom. The van der Waals surface area contributed by atoms with Crippen LogP contribution in [0, 0.1) is 11.3 Å². The maximum Gasteiger partial charge on any atom is 0.246 e. The molecule has 20 heavy (non-hydrogen) atoms. The Hall–Kier alpha value is -1.71. The van der Waals surface area contributed by atoms with E-state index in [9.17, 15) is 8.42 Å². The van der Waals surface area contributed by atoms with E-state index in [2.05, 4.69) is 0 Å². The number of rotatable bonds is 6. The van der Waals surface area contributed by atoms with Crippen molar-refractivity contribution in [2.45, 2.75) is 12.8 Å². The van der Waals surface area contributed by atoms with Crippen LogP contribution >= 0.6 is 10.7 Å². The molecular weight excluding hydrogens is 302 g/mol. The van der Waals surface area contributed by atoms with Crippen molar-refractivity contribution in [3.8, 4) is 11.8 Å². The molecule has 0 saturated heterocycles. The first-order valence-electron chi connectivity index (χ1n) is 5.98. The minimum Gasteiger partial charge on any atom is -0.488 e. The molecule has 0 saturated carbocycles. The number of hydrogen-bond acceptors (Lipinski definition) is 5. The third-order valence-electron chi connectivity index (χ3n) is 2.68. The van der Waals surface area contributed by atoms with Crippen LogP contribution in [0.3, 0.4) is 0 Å². The predicted molar refractivity (Wildman–Crippen MR) is 75.3 cm³/mol. The summed E-state index contributed by atoms with van der Waals surface area (Å²) >= 11 is 0. The topological polar surface area (TPSA) is 80.3 Å². The van der Waals surface area contributed by atoms with E-state index < -0.39 is 9.05 Å². The van der Waals surface area contributed by atoms with Crippen LogP contribution < -0.4 is 4.74 Å². The maximum absolute atomic E-state index is 10.8. The zero-order valence-corrected chi connectivity index (χ0v) is 12.1. The lowest BCUT2D eigenvalue weighted by Gasteiger charge is -2.03. The van der Waals surface area contributed by atoms with Crippen LogP contribution in [-0.4, -0.2) is 20.8 Å². The van der Waals surface area contributed by atoms with Gasteiger partial charge in [-0.15, -0.1) is 0 Å². The van der Waals surface area contributed by atoms with E-state index in [4.69, 9.17) is 25.1 Å². The molecule has 0 atom stereocenters. The summed E-state index contributed by atoms with van der Waals surface area (Å²) in [5.41, 5.74) is 0.586. The predicted octanol–water partition coefficient (Wildman–Crippen LogP) is 3.03. The van der Waals surface area contributed by atoms with Gasteiger partial charge >= 0.3 is 0 Å². The van der Waals surface area contributed by atoms with Crippen LogP contribution in [-0.2, 0) is 9.05 Å². The van der Waals surface area contributed by atoms with Crippen LogP contribution in [0.1, 0.15) is 18.6 Å². The zero-order valence-electron chi connectivity index (χ0n) is 10.5. The van der Waals surface area contributed by atoms with Gasteiger partial charge in [0.25, 0.3) is 0 Å². The number of halogens is 1. The van der Waals surface area contributed by atoms with Crippen molar-refractivity contribution in [2.75, 3.05) is 12.4 Å². The molecule has 2 aromatic rings. The molecule has 0 aliphatic heterocycles. The summed E-state index contributed by atoms with van der Waals surface area (Å²) in [7, 11) is 1.65. The lowest BCUT2D eigenvalue weighted by molar-refractivity contribution is 0.307. The minimum atomic E-state index is -3.46. The van der Waals surface area contributed by atoms with Crippen LogP contribution in [0.2, 0.25) is 0 Å². The SMILES string of the molecule is N#Cc1oc2ccccc2c1OCCCCS(=O)(=O)Cl. The summed E-state index contributed by atoms with van der Waals surface area (Å²) in [6, 6.07) is 9.13. The number of unbranched alkanes of at least 4 members (excludes halogenated alkanes) is 1. The average molecular weight is 314 g/mol. The summed E-state index contributed by atoms with van der Waals surface area (Å²) in [6.45, 7) is 0.296. The highest BCUT2D eigenvalue weighted by molar-refractivity contribution is 8.13. The van der Waals surface area contributed by atoms with Crippen molar-refractivity contribution in [2.24, 2.45) is 0 Å². The first-order chi connectivity index (χ1) is 9.51. The second kappa shape index (κ2) is 6.16. The van der Waals surface area contributed by atoms with Gasteiger partial charge in [-0.3, -0.25) is 0 Å². The first-order valence-corrected chi connectivity index (χ1v) is 8.46. The Balaban J connectivity index is 2.01. The maximum atomic E-state index is 10.8. The van der Waals surface area contributed by atoms with Gasteiger partial charge in [-0.05, 0) is 25.0 Å². The molecule has 0 radical (unpaired) electrons. The Morgan fingerprint density at radius 2 is 2.05 bits per heavy atom. The third kappa shape index (κ3) is 3.65. The molecule has 0 fully saturated rings. The molecule has 0 aliphatic rings. The Kier molecular flexibility index (Phi) is 4.53. The number of hydrogen-bond donors (Lipinski definition) is 0. The first kappa shape index (κ1) is 14.7. The van der Waals surface area contributed by atoms with Gasteiger partial charge in [0.15, 0.2) is 5.75 Å². The molecular formula is C13H12ClNO4S. The zero-order chi connectivity index (χ0) is 14.6. The molecule has 0 spiro atoms. The molecule has 1 heterocycles. The lowest BCUT2D eigenvalue weighted by atomic mass is 10.2. The van der Waals surface area contributed by atoms with Crippen molar-refractivity contribution in [1.29, 1.82) is 5.26 Å². The highest BCUT2D eigenvalue weighted by atomic mass is 35.7. The average Bonchev–Trinajstić information content (AvgIpc) is 2.75. The molecule has 1 aromatic heterocycles. The van der Waals surface area contributed by atoms with Gasteiger partial charge in [0.05, 0.1) is 17.7 Å². The third-order valence-corrected chi connectivity index (χ3v) is 3.92. The van der Waals surface area contributed by atoms with E-state index in [1.54, 1.807) is 12.1 Å². The summed E-state index contributed by atoms with van der Waals surface area (Å²) in [5.74, 6) is 0.433. The minimum absolute atomic E-state index is 0.0881. The van der Waals surface area contributed by atoms with E-state index in [1.165, 1.54) is 0 Å². The largest absolute Gasteiger partial charge is 0.488 e. The second-order valence-electron chi connectivity index (χ2n) is 4.17. The van der Waals surface area contributed by atoms with Gasteiger partial charge in [0, 0.05) is 10.7 Å². The van der Waals surface area contributed by atoms with Gasteiger partial charge in [0.2, 0.25) is 14.8 Å². The molecule has 0 amide bonds. The van der Waals surface area contributed by atoms with Gasteiger partial charge in [-0.25, -0.2) is 8.42 Å². The number of benzene rings is 1. The number of fused-ring (bicyclic) bond motifs is 1. The second-order valence-corrected chi connectivity index (χ2v) is 7.06. The van der Waals surface area contributed by atoms with E-state index in [-0.39, 0.29) is 11.5 Å². The molecule has 7 heteroatoms. The van der Waals surface area contributed by atoms with Gasteiger partial charge in [-0.1, -0.05) is 12.1 Å². The number of para-hydroxylation sites is 1. The lowest BCUT2D eigenvalue weighted by Crippen LogP contribution is -2.02. The molecule has 1 aromatic carbocycles. The van der Waals surface area contributed by atoms with Gasteiger partial charge in [0.1, 0.15) is 11.7 Å². The highest BCUT2D eigenvalue weighted by Gasteiger charge is 2.14. The number of nitrogens with zero attached hydrogens (tertiary/aromatic N) is 1. The monoisotopic (exact) mass is 313 g/mol. The molecule has 2 rings (SSSR count). The summed E-state index contributed by atoms with van der Waals surface area (Å²) in [4.78, 5) is 0. The van der Waals surface area contributed by atoms with Gasteiger partial charge < -0.3 is 9.15 Å². The Morgan fingerprint density at radius 1 is 1.30 bits per heavy atom. The molecule has 106 valence electrons. The number of furan rings is 1. The van der Waals surface area contributed by atoms with E-state index in [0.717, 1.165) is 5.39 Å². The van der Waals surface area contributed by atoms with Crippen LogP contribution in [0.25, 0.3) is 11.0 Å². The van der Waals surface area contributed by atoms with Crippen molar-refractivity contribution in [1.82, 2.24) is 0 Å². The molecule has 0 N–H and O–H groups in total. The van der Waals surface area contributed by atoms with E-state index >= 15 is 0 Å². The smallest absolute Gasteiger partial charge is 0.246 e. The Labute approximate surface area is 121 Å². The Bertz CT molecular complexity index is 745. The highest BCUT2D eigenvalue weighted by Crippen LogP contribution is 2.32. The molecule has 0 bridgehead atoms. The fraction of sp³-hybridized carbons (Fsp3) is 0.308. The summed E-state index contributed by atoms with van der Waals surface area (Å²) in [5, 5.41) is 9.74. The van der Waals surface area contributed by atoms with E-state index in [1.807, 2.05) is 18.2 Å². The summed E-state index contributed by atoms with van der Waals surface area (Å²) < 4.78 is 32.4. The van der Waals surface area contributed by atoms with Crippen LogP contribution in [0.5, 0.6) is 5.75 Å². The summed E-state index contributed by atoms with van der Waals surface area (Å²) in [6.07, 6.45) is 0.930. The standard InChI is InChI=1S/C13H12ClNO4S/c14-20(16,17)8-4-3-7-18-13-10-5-1-2-6-11(10)19-12(13)9-15/h1-2,5-6H,3-4,7-8H2. The van der Waals surface area contributed by atoms with Crippen LogP contribution in [0.15, 0.2) is 28.7 Å². The quantitative estimate of drug-likeness (QED) is 0.605. The van der Waals surface area contributed by atoms with Crippen LogP contribution in [0.4, 0.5) is 0 Å². The number of nitriles is 1. The van der Waals surface area contributed by atoms with E-state index in [0.29, 0.717) is 30.8 Å². The fourth-order valence-electron chi connectivity index (χ4n) is 1.79. The molecule has 0 unspecified atom stereocenters. The molecule has 0 aliphatic carbocycles.